The Hall–Kier alpha value is -2.54. The fraction of sp³-hybridized carbons (Fsp3) is 0.796. The first-order chi connectivity index (χ1) is 31.0. The third-order valence-corrected chi connectivity index (χ3v) is 11.3. The molecular formula is C49H84O15. The molecule has 0 aromatic carbocycles. The van der Waals surface area contributed by atoms with Crippen molar-refractivity contribution in [1.82, 2.24) is 0 Å². The zero-order chi connectivity index (χ0) is 46.8. The molecule has 15 nitrogen and oxygen atoms in total. The van der Waals surface area contributed by atoms with Gasteiger partial charge in [-0.25, -0.2) is 0 Å². The van der Waals surface area contributed by atoms with E-state index in [1.807, 2.05) is 0 Å². The zero-order valence-electron chi connectivity index (χ0n) is 38.8. The van der Waals surface area contributed by atoms with Crippen molar-refractivity contribution in [3.05, 3.63) is 48.6 Å². The number of esters is 2. The molecule has 4 unspecified atom stereocenters. The summed E-state index contributed by atoms with van der Waals surface area (Å²) in [7, 11) is 0. The Morgan fingerprint density at radius 1 is 0.500 bits per heavy atom. The van der Waals surface area contributed by atoms with Crippen molar-refractivity contribution in [3.8, 4) is 0 Å². The van der Waals surface area contributed by atoms with Crippen molar-refractivity contribution in [3.63, 3.8) is 0 Å². The molecule has 2 rings (SSSR count). The van der Waals surface area contributed by atoms with Crippen molar-refractivity contribution in [2.24, 2.45) is 0 Å². The molecule has 2 aliphatic rings. The van der Waals surface area contributed by atoms with Gasteiger partial charge in [-0.3, -0.25) is 9.59 Å². The van der Waals surface area contributed by atoms with Crippen molar-refractivity contribution in [2.75, 3.05) is 26.4 Å². The average Bonchev–Trinajstić information content (AvgIpc) is 3.29. The number of carbonyl (C=O) groups is 2. The van der Waals surface area contributed by atoms with E-state index in [0.717, 1.165) is 57.8 Å². The van der Waals surface area contributed by atoms with Crippen molar-refractivity contribution in [1.29, 1.82) is 0 Å². The predicted molar refractivity (Wildman–Crippen MR) is 243 cm³/mol. The van der Waals surface area contributed by atoms with E-state index in [4.69, 9.17) is 28.4 Å². The first-order valence-corrected chi connectivity index (χ1v) is 24.2. The molecule has 2 fully saturated rings. The van der Waals surface area contributed by atoms with Gasteiger partial charge in [0.25, 0.3) is 0 Å². The molecule has 2 heterocycles. The van der Waals surface area contributed by atoms with Gasteiger partial charge in [-0.15, -0.1) is 0 Å². The van der Waals surface area contributed by atoms with Gasteiger partial charge in [-0.2, -0.15) is 0 Å². The van der Waals surface area contributed by atoms with Gasteiger partial charge >= 0.3 is 11.9 Å². The minimum Gasteiger partial charge on any atom is -0.462 e. The van der Waals surface area contributed by atoms with Crippen LogP contribution in [0.15, 0.2) is 48.6 Å². The topological polar surface area (TPSA) is 231 Å². The molecule has 11 atom stereocenters. The summed E-state index contributed by atoms with van der Waals surface area (Å²) in [6.45, 7) is 2.47. The Labute approximate surface area is 382 Å². The van der Waals surface area contributed by atoms with Crippen LogP contribution < -0.4 is 0 Å². The van der Waals surface area contributed by atoms with Crippen LogP contribution in [0.4, 0.5) is 0 Å². The third-order valence-electron chi connectivity index (χ3n) is 11.3. The lowest BCUT2D eigenvalue weighted by Crippen LogP contribution is -2.61. The largest absolute Gasteiger partial charge is 0.462 e. The van der Waals surface area contributed by atoms with Crippen molar-refractivity contribution >= 4 is 11.9 Å². The lowest BCUT2D eigenvalue weighted by Gasteiger charge is -2.42. The maximum atomic E-state index is 12.9. The number of aliphatic hydroxyl groups is 7. The molecule has 2 aliphatic heterocycles. The van der Waals surface area contributed by atoms with Crippen molar-refractivity contribution in [2.45, 2.75) is 223 Å². The summed E-state index contributed by atoms with van der Waals surface area (Å²) in [5, 5.41) is 71.9. The molecule has 0 saturated carbocycles. The Bertz CT molecular complexity index is 1300. The van der Waals surface area contributed by atoms with E-state index in [1.165, 1.54) is 57.8 Å². The summed E-state index contributed by atoms with van der Waals surface area (Å²) >= 11 is 0. The molecule has 7 N–H and O–H groups in total. The fourth-order valence-corrected chi connectivity index (χ4v) is 7.22. The number of hydrogen-bond donors (Lipinski definition) is 7. The van der Waals surface area contributed by atoms with Gasteiger partial charge in [0.1, 0.15) is 55.4 Å². The number of aliphatic hydroxyl groups excluding tert-OH is 7. The molecule has 0 aromatic heterocycles. The standard InChI is InChI=1S/C49H84O15/c1-3-5-7-9-11-13-15-17-18-20-22-24-26-28-30-32-41(52)62-37(34-59-40(51)31-29-27-25-23-21-19-16-14-12-10-8-6-4-2)35-60-48-47(58)45(56)43(54)39(64-48)36-61-49-46(57)44(55)42(53)38(33-50)63-49/h11,13,17-19,21-22,24,37-39,42-50,53-58H,3-10,12,14-16,20,23,25-36H2,1-2H3/b13-11+,18-17+,21-19+,24-22+/t37-,38-,39-,42+,43+,44?,45?,46?,47?,48-,49-/m1/s1. The zero-order valence-corrected chi connectivity index (χ0v) is 38.8. The summed E-state index contributed by atoms with van der Waals surface area (Å²) in [4.78, 5) is 25.7. The van der Waals surface area contributed by atoms with E-state index in [-0.39, 0.29) is 19.4 Å². The summed E-state index contributed by atoms with van der Waals surface area (Å²) in [6, 6.07) is 0. The number of unbranched alkanes of at least 4 members (excludes halogenated alkanes) is 14. The normalized spacial score (nSPS) is 27.0. The molecule has 370 valence electrons. The van der Waals surface area contributed by atoms with Gasteiger partial charge in [0, 0.05) is 12.8 Å². The predicted octanol–water partition coefficient (Wildman–Crippen LogP) is 5.93. The Morgan fingerprint density at radius 2 is 0.938 bits per heavy atom. The van der Waals surface area contributed by atoms with Gasteiger partial charge < -0.3 is 64.2 Å². The van der Waals surface area contributed by atoms with Crippen LogP contribution in [-0.4, -0.2) is 142 Å². The van der Waals surface area contributed by atoms with Gasteiger partial charge in [0.05, 0.1) is 19.8 Å². The highest BCUT2D eigenvalue weighted by atomic mass is 16.7. The molecule has 15 heteroatoms. The van der Waals surface area contributed by atoms with Crippen LogP contribution in [0.2, 0.25) is 0 Å². The Kier molecular flexibility index (Phi) is 32.9. The minimum absolute atomic E-state index is 0.112. The quantitative estimate of drug-likeness (QED) is 0.0220. The molecule has 0 bridgehead atoms. The average molecular weight is 913 g/mol. The van der Waals surface area contributed by atoms with Crippen LogP contribution in [-0.2, 0) is 38.0 Å². The van der Waals surface area contributed by atoms with Gasteiger partial charge in [-0.05, 0) is 77.0 Å². The smallest absolute Gasteiger partial charge is 0.306 e. The number of ether oxygens (including phenoxy) is 6. The molecule has 0 aliphatic carbocycles. The van der Waals surface area contributed by atoms with Crippen LogP contribution in [0.25, 0.3) is 0 Å². The van der Waals surface area contributed by atoms with Crippen LogP contribution in [0.3, 0.4) is 0 Å². The maximum absolute atomic E-state index is 12.9. The molecule has 0 spiro atoms. The molecule has 0 radical (unpaired) electrons. The van der Waals surface area contributed by atoms with E-state index in [0.29, 0.717) is 12.8 Å². The summed E-state index contributed by atoms with van der Waals surface area (Å²) < 4.78 is 33.4. The molecule has 2 saturated heterocycles. The second-order valence-corrected chi connectivity index (χ2v) is 16.9. The lowest BCUT2D eigenvalue weighted by atomic mass is 9.98. The lowest BCUT2D eigenvalue weighted by molar-refractivity contribution is -0.332. The summed E-state index contributed by atoms with van der Waals surface area (Å²) in [5.41, 5.74) is 0. The summed E-state index contributed by atoms with van der Waals surface area (Å²) in [5.74, 6) is -0.992. The van der Waals surface area contributed by atoms with E-state index in [2.05, 4.69) is 62.5 Å². The van der Waals surface area contributed by atoms with E-state index < -0.39 is 99.3 Å². The molecule has 0 aromatic rings. The van der Waals surface area contributed by atoms with Crippen LogP contribution in [0, 0.1) is 0 Å². The van der Waals surface area contributed by atoms with E-state index in [1.54, 1.807) is 0 Å². The Morgan fingerprint density at radius 3 is 1.55 bits per heavy atom. The first kappa shape index (κ1) is 57.6. The summed E-state index contributed by atoms with van der Waals surface area (Å²) in [6.07, 6.45) is 21.5. The molecule has 64 heavy (non-hydrogen) atoms. The highest BCUT2D eigenvalue weighted by molar-refractivity contribution is 5.70. The SMILES string of the molecule is CCCCC/C=C/C/C=C/C/C=C/CCCCC(=O)O[C@H](COC(=O)CCCCC/C=C/CCCCCCCC)CO[C@@H]1O[C@H](CO[C@@H]2O[C@H](CO)[C@H](O)C(O)C2O)[C@H](O)C(O)C1O. The third kappa shape index (κ3) is 24.8. The van der Waals surface area contributed by atoms with E-state index >= 15 is 0 Å². The number of carbonyl (C=O) groups excluding carboxylic acids is 2. The highest BCUT2D eigenvalue weighted by Crippen LogP contribution is 2.26. The Balaban J connectivity index is 1.87. The minimum atomic E-state index is -1.77. The van der Waals surface area contributed by atoms with Gasteiger partial charge in [0.15, 0.2) is 18.7 Å². The van der Waals surface area contributed by atoms with E-state index in [9.17, 15) is 45.3 Å². The molecular weight excluding hydrogens is 829 g/mol. The highest BCUT2D eigenvalue weighted by Gasteiger charge is 2.47. The molecule has 0 amide bonds. The number of hydrogen-bond acceptors (Lipinski definition) is 15. The number of allylic oxidation sites excluding steroid dienone is 8. The first-order valence-electron chi connectivity index (χ1n) is 24.2. The van der Waals surface area contributed by atoms with Gasteiger partial charge in [0.2, 0.25) is 0 Å². The van der Waals surface area contributed by atoms with Crippen molar-refractivity contribution < 1.29 is 73.8 Å². The second kappa shape index (κ2) is 36.6. The monoisotopic (exact) mass is 913 g/mol. The van der Waals surface area contributed by atoms with Crippen LogP contribution in [0.1, 0.15) is 155 Å². The maximum Gasteiger partial charge on any atom is 0.306 e. The number of rotatable bonds is 36. The van der Waals surface area contributed by atoms with Crippen LogP contribution >= 0.6 is 0 Å². The fourth-order valence-electron chi connectivity index (χ4n) is 7.22. The van der Waals surface area contributed by atoms with Crippen LogP contribution in [0.5, 0.6) is 0 Å². The van der Waals surface area contributed by atoms with Gasteiger partial charge in [-0.1, -0.05) is 114 Å². The second-order valence-electron chi connectivity index (χ2n) is 16.9.